The van der Waals surface area contributed by atoms with Gasteiger partial charge in [0.1, 0.15) is 5.82 Å². The molecule has 1 aliphatic heterocycles. The van der Waals surface area contributed by atoms with Gasteiger partial charge in [-0.1, -0.05) is 6.42 Å². The van der Waals surface area contributed by atoms with E-state index in [0.29, 0.717) is 0 Å². The molecule has 0 amide bonds. The van der Waals surface area contributed by atoms with Crippen LogP contribution in [0.3, 0.4) is 0 Å². The third-order valence-electron chi connectivity index (χ3n) is 7.61. The Morgan fingerprint density at radius 2 is 1.88 bits per heavy atom. The number of halogens is 1. The van der Waals surface area contributed by atoms with Gasteiger partial charge in [-0.15, -0.1) is 0 Å². The molecule has 4 aliphatic rings. The molecule has 24 heavy (non-hydrogen) atoms. The van der Waals surface area contributed by atoms with Crippen LogP contribution >= 0.6 is 0 Å². The van der Waals surface area contributed by atoms with E-state index in [4.69, 9.17) is 5.41 Å². The molecule has 128 valence electrons. The number of benzene rings is 1. The minimum atomic E-state index is -0.144. The molecular weight excluding hydrogens is 299 g/mol. The van der Waals surface area contributed by atoms with Gasteiger partial charge < -0.3 is 10.3 Å². The van der Waals surface area contributed by atoms with Crippen LogP contribution < -0.4 is 0 Å². The molecule has 1 N–H and O–H groups in total. The third kappa shape index (κ3) is 2.20. The Labute approximate surface area is 143 Å². The van der Waals surface area contributed by atoms with E-state index in [1.54, 1.807) is 6.07 Å². The Bertz CT molecular complexity index is 674. The van der Waals surface area contributed by atoms with Crippen LogP contribution in [0.25, 0.3) is 0 Å². The van der Waals surface area contributed by atoms with Crippen molar-refractivity contribution in [1.29, 1.82) is 5.41 Å². The van der Waals surface area contributed by atoms with Gasteiger partial charge in [0.2, 0.25) is 0 Å². The van der Waals surface area contributed by atoms with E-state index in [2.05, 4.69) is 4.90 Å². The predicted octanol–water partition coefficient (Wildman–Crippen LogP) is 4.51. The van der Waals surface area contributed by atoms with Crippen molar-refractivity contribution in [2.24, 2.45) is 11.8 Å². The first-order chi connectivity index (χ1) is 11.6. The standard InChI is InChI=1S/C21H27FN2/c22-16-4-5-17-18(12-16)21(13-19(17)23)7-9-24(10-8-21)20-6-2-14-1-3-15(20)11-14/h4-5,12,14-15,20,23H,1-3,6-11,13H2. The average Bonchev–Trinajstić information content (AvgIpc) is 3.08. The van der Waals surface area contributed by atoms with Crippen LogP contribution in [0.15, 0.2) is 18.2 Å². The number of nitrogens with zero attached hydrogens (tertiary/aromatic N) is 1. The fourth-order valence-electron chi connectivity index (χ4n) is 6.33. The van der Waals surface area contributed by atoms with Crippen molar-refractivity contribution in [3.05, 3.63) is 35.1 Å². The molecule has 0 aromatic heterocycles. The molecule has 2 bridgehead atoms. The molecule has 3 aliphatic carbocycles. The fraction of sp³-hybridized carbons (Fsp3) is 0.667. The molecular formula is C21H27FN2. The van der Waals surface area contributed by atoms with Crippen LogP contribution in [-0.4, -0.2) is 29.7 Å². The summed E-state index contributed by atoms with van der Waals surface area (Å²) < 4.78 is 13.8. The summed E-state index contributed by atoms with van der Waals surface area (Å²) >= 11 is 0. The molecule has 2 nitrogen and oxygen atoms in total. The lowest BCUT2D eigenvalue weighted by atomic mass is 9.72. The molecule has 1 heterocycles. The monoisotopic (exact) mass is 326 g/mol. The molecule has 1 spiro atoms. The quantitative estimate of drug-likeness (QED) is 0.808. The molecule has 0 radical (unpaired) electrons. The Hall–Kier alpha value is -1.22. The smallest absolute Gasteiger partial charge is 0.123 e. The van der Waals surface area contributed by atoms with E-state index < -0.39 is 0 Å². The zero-order valence-electron chi connectivity index (χ0n) is 14.4. The van der Waals surface area contributed by atoms with Crippen LogP contribution in [0.1, 0.15) is 62.5 Å². The summed E-state index contributed by atoms with van der Waals surface area (Å²) in [4.78, 5) is 2.75. The van der Waals surface area contributed by atoms with Gasteiger partial charge in [-0.05, 0) is 99.2 Å². The summed E-state index contributed by atoms with van der Waals surface area (Å²) in [5.41, 5.74) is 2.88. The number of nitrogens with one attached hydrogen (secondary N) is 1. The predicted molar refractivity (Wildman–Crippen MR) is 94.2 cm³/mol. The van der Waals surface area contributed by atoms with Crippen LogP contribution in [0, 0.1) is 23.1 Å². The lowest BCUT2D eigenvalue weighted by molar-refractivity contribution is 0.0650. The summed E-state index contributed by atoms with van der Waals surface area (Å²) in [6.45, 7) is 2.27. The highest BCUT2D eigenvalue weighted by Gasteiger charge is 2.46. The Kier molecular flexibility index (Phi) is 3.38. The maximum absolute atomic E-state index is 13.8. The van der Waals surface area contributed by atoms with Crippen molar-refractivity contribution >= 4 is 5.71 Å². The molecule has 3 unspecified atom stereocenters. The van der Waals surface area contributed by atoms with Crippen LogP contribution in [-0.2, 0) is 5.41 Å². The lowest BCUT2D eigenvalue weighted by Crippen LogP contribution is -2.49. The second kappa shape index (κ2) is 5.39. The topological polar surface area (TPSA) is 27.1 Å². The van der Waals surface area contributed by atoms with Crippen molar-refractivity contribution < 1.29 is 4.39 Å². The van der Waals surface area contributed by atoms with E-state index in [1.165, 1.54) is 38.2 Å². The highest BCUT2D eigenvalue weighted by molar-refractivity contribution is 6.04. The third-order valence-corrected chi connectivity index (χ3v) is 7.61. The molecule has 3 heteroatoms. The normalized spacial score (nSPS) is 34.7. The summed E-state index contributed by atoms with van der Waals surface area (Å²) in [6, 6.07) is 5.86. The van der Waals surface area contributed by atoms with Gasteiger partial charge in [0.15, 0.2) is 0 Å². The van der Waals surface area contributed by atoms with Crippen molar-refractivity contribution in [3.63, 3.8) is 0 Å². The van der Waals surface area contributed by atoms with Gasteiger partial charge in [-0.2, -0.15) is 0 Å². The SMILES string of the molecule is N=C1CC2(CCN(C3CCC4CCC3C4)CC2)c2cc(F)ccc21. The van der Waals surface area contributed by atoms with Gasteiger partial charge >= 0.3 is 0 Å². The Morgan fingerprint density at radius 1 is 1.08 bits per heavy atom. The molecule has 1 aromatic carbocycles. The lowest BCUT2D eigenvalue weighted by Gasteiger charge is -2.46. The maximum Gasteiger partial charge on any atom is 0.123 e. The number of fused-ring (bicyclic) bond motifs is 4. The van der Waals surface area contributed by atoms with Gasteiger partial charge in [0.05, 0.1) is 0 Å². The number of rotatable bonds is 1. The van der Waals surface area contributed by atoms with E-state index >= 15 is 0 Å². The number of piperidine rings is 1. The van der Waals surface area contributed by atoms with Crippen LogP contribution in [0.5, 0.6) is 0 Å². The number of likely N-dealkylation sites (tertiary alicyclic amines) is 1. The summed E-state index contributed by atoms with van der Waals surface area (Å²) in [5.74, 6) is 1.81. The first-order valence-corrected chi connectivity index (χ1v) is 9.76. The number of hydrogen-bond donors (Lipinski definition) is 1. The highest BCUT2D eigenvalue weighted by atomic mass is 19.1. The summed E-state index contributed by atoms with van der Waals surface area (Å²) in [5, 5.41) is 8.34. The first-order valence-electron chi connectivity index (χ1n) is 9.76. The summed E-state index contributed by atoms with van der Waals surface area (Å²) in [6.07, 6.45) is 10.2. The van der Waals surface area contributed by atoms with Crippen molar-refractivity contribution in [3.8, 4) is 0 Å². The van der Waals surface area contributed by atoms with Gasteiger partial charge in [-0.25, -0.2) is 4.39 Å². The van der Waals surface area contributed by atoms with Gasteiger partial charge in [0, 0.05) is 17.2 Å². The molecule has 5 rings (SSSR count). The zero-order valence-corrected chi connectivity index (χ0v) is 14.4. The van der Waals surface area contributed by atoms with E-state index in [0.717, 1.165) is 67.1 Å². The molecule has 3 atom stereocenters. The molecule has 1 aromatic rings. The van der Waals surface area contributed by atoms with Crippen LogP contribution in [0.2, 0.25) is 0 Å². The number of hydrogen-bond acceptors (Lipinski definition) is 2. The summed E-state index contributed by atoms with van der Waals surface area (Å²) in [7, 11) is 0. The van der Waals surface area contributed by atoms with E-state index in [-0.39, 0.29) is 11.2 Å². The Balaban J connectivity index is 1.36. The van der Waals surface area contributed by atoms with Crippen molar-refractivity contribution in [1.82, 2.24) is 4.90 Å². The van der Waals surface area contributed by atoms with E-state index in [1.807, 2.05) is 6.07 Å². The van der Waals surface area contributed by atoms with Gasteiger partial charge in [-0.3, -0.25) is 0 Å². The Morgan fingerprint density at radius 3 is 2.71 bits per heavy atom. The minimum absolute atomic E-state index is 0.0396. The first kappa shape index (κ1) is 15.1. The van der Waals surface area contributed by atoms with Crippen LogP contribution in [0.4, 0.5) is 4.39 Å². The fourth-order valence-corrected chi connectivity index (χ4v) is 6.33. The van der Waals surface area contributed by atoms with Crippen molar-refractivity contribution in [2.75, 3.05) is 13.1 Å². The average molecular weight is 326 g/mol. The van der Waals surface area contributed by atoms with Gasteiger partial charge in [0.25, 0.3) is 0 Å². The molecule has 2 saturated carbocycles. The maximum atomic E-state index is 13.8. The minimum Gasteiger partial charge on any atom is -0.305 e. The molecule has 1 saturated heterocycles. The van der Waals surface area contributed by atoms with Crippen molar-refractivity contribution in [2.45, 2.75) is 62.8 Å². The van der Waals surface area contributed by atoms with E-state index in [9.17, 15) is 4.39 Å². The molecule has 3 fully saturated rings. The second-order valence-corrected chi connectivity index (χ2v) is 8.75. The highest BCUT2D eigenvalue weighted by Crippen LogP contribution is 2.49. The largest absolute Gasteiger partial charge is 0.305 e. The second-order valence-electron chi connectivity index (χ2n) is 8.75. The zero-order chi connectivity index (χ0) is 16.3.